The van der Waals surface area contributed by atoms with Gasteiger partial charge in [0.05, 0.1) is 5.69 Å². The third-order valence-electron chi connectivity index (χ3n) is 4.47. The molecule has 2 rings (SSSR count). The van der Waals surface area contributed by atoms with E-state index in [1.54, 1.807) is 0 Å². The van der Waals surface area contributed by atoms with Crippen molar-refractivity contribution in [2.75, 3.05) is 14.2 Å². The largest absolute Gasteiger partial charge is 0.371 e. The number of hydrogen-bond donors (Lipinski definition) is 1. The molecule has 0 aromatic carbocycles. The molecule has 4 heteroatoms. The predicted octanol–water partition coefficient (Wildman–Crippen LogP) is 4.04. The Morgan fingerprint density at radius 1 is 1.40 bits per heavy atom. The molecule has 0 radical (unpaired) electrons. The Bertz CT molecular complexity index is 434. The van der Waals surface area contributed by atoms with Crippen LogP contribution in [0.1, 0.15) is 68.0 Å². The van der Waals surface area contributed by atoms with Crippen LogP contribution in [0.3, 0.4) is 0 Å². The quantitative estimate of drug-likeness (QED) is 0.890. The molecular formula is C16H28N2OS. The first-order valence-corrected chi connectivity index (χ1v) is 8.54. The van der Waals surface area contributed by atoms with Gasteiger partial charge in [0.25, 0.3) is 0 Å². The molecule has 1 aromatic heterocycles. The summed E-state index contributed by atoms with van der Waals surface area (Å²) in [5.41, 5.74) is 1.11. The van der Waals surface area contributed by atoms with Crippen molar-refractivity contribution < 1.29 is 4.74 Å². The third-order valence-corrected chi connectivity index (χ3v) is 5.73. The Balaban J connectivity index is 2.32. The van der Waals surface area contributed by atoms with E-state index in [0.29, 0.717) is 5.92 Å². The van der Waals surface area contributed by atoms with Crippen LogP contribution in [-0.4, -0.2) is 19.1 Å². The van der Waals surface area contributed by atoms with Gasteiger partial charge in [0, 0.05) is 18.5 Å². The monoisotopic (exact) mass is 296 g/mol. The molecule has 0 atom stereocenters. The number of nitrogens with zero attached hydrogens (tertiary/aromatic N) is 1. The third kappa shape index (κ3) is 3.07. The van der Waals surface area contributed by atoms with Crippen molar-refractivity contribution in [3.05, 3.63) is 15.6 Å². The molecule has 114 valence electrons. The number of rotatable bonds is 5. The minimum Gasteiger partial charge on any atom is -0.371 e. The predicted molar refractivity (Wildman–Crippen MR) is 85.3 cm³/mol. The zero-order valence-corrected chi connectivity index (χ0v) is 14.3. The zero-order valence-electron chi connectivity index (χ0n) is 13.5. The van der Waals surface area contributed by atoms with Crippen molar-refractivity contribution >= 4 is 11.3 Å². The van der Waals surface area contributed by atoms with Gasteiger partial charge in [-0.1, -0.05) is 20.8 Å². The van der Waals surface area contributed by atoms with Crippen LogP contribution in [-0.2, 0) is 16.9 Å². The second-order valence-electron chi connectivity index (χ2n) is 6.39. The number of ether oxygens (including phenoxy) is 1. The second kappa shape index (κ2) is 6.54. The van der Waals surface area contributed by atoms with Gasteiger partial charge in [0.1, 0.15) is 10.6 Å². The van der Waals surface area contributed by atoms with E-state index in [9.17, 15) is 0 Å². The summed E-state index contributed by atoms with van der Waals surface area (Å²) in [6.07, 6.45) is 4.70. The van der Waals surface area contributed by atoms with Crippen LogP contribution in [0.4, 0.5) is 0 Å². The zero-order chi connectivity index (χ0) is 14.8. The molecule has 0 bridgehead atoms. The Kier molecular flexibility index (Phi) is 5.21. The molecule has 3 nitrogen and oxygen atoms in total. The summed E-state index contributed by atoms with van der Waals surface area (Å²) in [6.45, 7) is 7.69. The first kappa shape index (κ1) is 15.9. The summed E-state index contributed by atoms with van der Waals surface area (Å²) in [7, 11) is 3.85. The van der Waals surface area contributed by atoms with Crippen LogP contribution >= 0.6 is 11.3 Å². The molecule has 0 saturated heterocycles. The maximum absolute atomic E-state index is 5.97. The molecule has 1 heterocycles. The fourth-order valence-corrected chi connectivity index (χ4v) is 4.48. The van der Waals surface area contributed by atoms with Crippen molar-refractivity contribution in [3.63, 3.8) is 0 Å². The fraction of sp³-hybridized carbons (Fsp3) is 0.812. The van der Waals surface area contributed by atoms with Crippen molar-refractivity contribution in [3.8, 4) is 0 Å². The first-order chi connectivity index (χ1) is 9.52. The molecule has 0 amide bonds. The van der Waals surface area contributed by atoms with Gasteiger partial charge in [0.2, 0.25) is 0 Å². The Morgan fingerprint density at radius 3 is 2.55 bits per heavy atom. The molecule has 1 aliphatic carbocycles. The summed E-state index contributed by atoms with van der Waals surface area (Å²) in [6, 6.07) is 0. The molecule has 1 aromatic rings. The molecular weight excluding hydrogens is 268 g/mol. The van der Waals surface area contributed by atoms with Crippen molar-refractivity contribution in [1.82, 2.24) is 10.3 Å². The van der Waals surface area contributed by atoms with E-state index >= 15 is 0 Å². The van der Waals surface area contributed by atoms with Crippen molar-refractivity contribution in [2.24, 2.45) is 5.92 Å². The SMILES string of the molecule is CNCc1sc(C2(OC)CCC(C)CC2)nc1C(C)C. The van der Waals surface area contributed by atoms with Crippen LogP contribution in [0.2, 0.25) is 0 Å². The van der Waals surface area contributed by atoms with Crippen molar-refractivity contribution in [2.45, 2.75) is 64.5 Å². The summed E-state index contributed by atoms with van der Waals surface area (Å²) in [5, 5.41) is 4.46. The Morgan fingerprint density at radius 2 is 2.05 bits per heavy atom. The minimum absolute atomic E-state index is 0.132. The summed E-state index contributed by atoms with van der Waals surface area (Å²) >= 11 is 1.84. The Hall–Kier alpha value is -0.450. The molecule has 0 aliphatic heterocycles. The van der Waals surface area contributed by atoms with Gasteiger partial charge in [-0.3, -0.25) is 0 Å². The molecule has 20 heavy (non-hydrogen) atoms. The highest BCUT2D eigenvalue weighted by atomic mass is 32.1. The lowest BCUT2D eigenvalue weighted by molar-refractivity contribution is -0.0532. The fourth-order valence-electron chi connectivity index (χ4n) is 3.03. The number of methoxy groups -OCH3 is 1. The number of aromatic nitrogens is 1. The van der Waals surface area contributed by atoms with E-state index in [1.165, 1.54) is 28.4 Å². The average Bonchev–Trinajstić information content (AvgIpc) is 2.85. The van der Waals surface area contributed by atoms with E-state index in [0.717, 1.165) is 25.3 Å². The molecule has 0 spiro atoms. The highest BCUT2D eigenvalue weighted by Gasteiger charge is 2.39. The summed E-state index contributed by atoms with van der Waals surface area (Å²) in [5.74, 6) is 1.29. The maximum atomic E-state index is 5.97. The number of nitrogens with one attached hydrogen (secondary N) is 1. The number of thiazole rings is 1. The van der Waals surface area contributed by atoms with Gasteiger partial charge in [0.15, 0.2) is 0 Å². The number of hydrogen-bond acceptors (Lipinski definition) is 4. The van der Waals surface area contributed by atoms with Crippen LogP contribution in [0.15, 0.2) is 0 Å². The molecule has 1 saturated carbocycles. The van der Waals surface area contributed by atoms with Crippen LogP contribution in [0, 0.1) is 5.92 Å². The lowest BCUT2D eigenvalue weighted by Gasteiger charge is -2.36. The van der Waals surface area contributed by atoms with Crippen LogP contribution < -0.4 is 5.32 Å². The van der Waals surface area contributed by atoms with Gasteiger partial charge in [-0.2, -0.15) is 0 Å². The molecule has 1 fully saturated rings. The lowest BCUT2D eigenvalue weighted by Crippen LogP contribution is -2.33. The summed E-state index contributed by atoms with van der Waals surface area (Å²) in [4.78, 5) is 6.34. The average molecular weight is 296 g/mol. The second-order valence-corrected chi connectivity index (χ2v) is 7.48. The van der Waals surface area contributed by atoms with Crippen LogP contribution in [0.25, 0.3) is 0 Å². The van der Waals surface area contributed by atoms with Gasteiger partial charge >= 0.3 is 0 Å². The lowest BCUT2D eigenvalue weighted by atomic mass is 9.80. The van der Waals surface area contributed by atoms with Crippen molar-refractivity contribution in [1.29, 1.82) is 0 Å². The summed E-state index contributed by atoms with van der Waals surface area (Å²) < 4.78 is 5.97. The normalized spacial score (nSPS) is 27.2. The van der Waals surface area contributed by atoms with Gasteiger partial charge in [-0.05, 0) is 44.6 Å². The molecule has 0 unspecified atom stereocenters. The van der Waals surface area contributed by atoms with E-state index in [2.05, 4.69) is 26.1 Å². The highest BCUT2D eigenvalue weighted by molar-refractivity contribution is 7.11. The first-order valence-electron chi connectivity index (χ1n) is 7.72. The molecule has 1 aliphatic rings. The van der Waals surface area contributed by atoms with E-state index in [-0.39, 0.29) is 5.60 Å². The van der Waals surface area contributed by atoms with Gasteiger partial charge in [-0.15, -0.1) is 11.3 Å². The van der Waals surface area contributed by atoms with Gasteiger partial charge < -0.3 is 10.1 Å². The van der Waals surface area contributed by atoms with Crippen LogP contribution in [0.5, 0.6) is 0 Å². The maximum Gasteiger partial charge on any atom is 0.125 e. The van der Waals surface area contributed by atoms with Gasteiger partial charge in [-0.25, -0.2) is 4.98 Å². The van der Waals surface area contributed by atoms with E-state index < -0.39 is 0 Å². The minimum atomic E-state index is -0.132. The van der Waals surface area contributed by atoms with E-state index in [4.69, 9.17) is 9.72 Å². The smallest absolute Gasteiger partial charge is 0.125 e. The standard InChI is InChI=1S/C16H28N2OS/c1-11(2)14-13(10-17-4)20-15(18-14)16(19-5)8-6-12(3)7-9-16/h11-12,17H,6-10H2,1-5H3. The van der Waals surface area contributed by atoms with E-state index in [1.807, 2.05) is 25.5 Å². The molecule has 1 N–H and O–H groups in total. The highest BCUT2D eigenvalue weighted by Crippen LogP contribution is 2.44. The Labute approximate surface area is 127 Å². The topological polar surface area (TPSA) is 34.1 Å².